The average Bonchev–Trinajstić information content (AvgIpc) is 2.95. The third-order valence-electron chi connectivity index (χ3n) is 5.42. The number of aromatic nitrogens is 2. The lowest BCUT2D eigenvalue weighted by Crippen LogP contribution is -2.51. The molecule has 150 valence electrons. The summed E-state index contributed by atoms with van der Waals surface area (Å²) in [7, 11) is 0. The summed E-state index contributed by atoms with van der Waals surface area (Å²) in [5.74, 6) is 0.166. The predicted molar refractivity (Wildman–Crippen MR) is 109 cm³/mol. The molecule has 1 aromatic carbocycles. The van der Waals surface area contributed by atoms with Crippen LogP contribution in [0.5, 0.6) is 0 Å². The summed E-state index contributed by atoms with van der Waals surface area (Å²) < 4.78 is 1.91. The van der Waals surface area contributed by atoms with Crippen LogP contribution in [0.3, 0.4) is 0 Å². The number of nitrogens with zero attached hydrogens (tertiary/aromatic N) is 4. The maximum Gasteiger partial charge on any atom is 0.257 e. The highest BCUT2D eigenvalue weighted by molar-refractivity contribution is 5.96. The van der Waals surface area contributed by atoms with Gasteiger partial charge in [-0.15, -0.1) is 0 Å². The minimum absolute atomic E-state index is 0.00764. The Labute approximate surface area is 167 Å². The lowest BCUT2D eigenvalue weighted by atomic mass is 10.1. The average molecular weight is 383 g/mol. The van der Waals surface area contributed by atoms with Gasteiger partial charge in [-0.3, -0.25) is 14.3 Å². The smallest absolute Gasteiger partial charge is 0.257 e. The Balaban J connectivity index is 1.72. The summed E-state index contributed by atoms with van der Waals surface area (Å²) in [5.41, 5.74) is 4.73. The topological polar surface area (TPSA) is 58.4 Å². The lowest BCUT2D eigenvalue weighted by Gasteiger charge is -2.35. The Morgan fingerprint density at radius 3 is 2.11 bits per heavy atom. The van der Waals surface area contributed by atoms with E-state index in [1.54, 1.807) is 0 Å². The molecule has 2 aromatic rings. The van der Waals surface area contributed by atoms with Crippen LogP contribution < -0.4 is 0 Å². The zero-order chi connectivity index (χ0) is 20.4. The Bertz CT molecular complexity index is 859. The molecule has 1 saturated heterocycles. The molecule has 3 rings (SSSR count). The van der Waals surface area contributed by atoms with Gasteiger partial charge in [0.05, 0.1) is 17.8 Å². The largest absolute Gasteiger partial charge is 0.339 e. The molecular weight excluding hydrogens is 352 g/mol. The Morgan fingerprint density at radius 1 is 0.964 bits per heavy atom. The first-order chi connectivity index (χ1) is 13.3. The zero-order valence-electron chi connectivity index (χ0n) is 17.5. The molecule has 0 spiro atoms. The molecule has 2 amide bonds. The molecule has 2 heterocycles. The van der Waals surface area contributed by atoms with Gasteiger partial charge >= 0.3 is 0 Å². The van der Waals surface area contributed by atoms with Crippen molar-refractivity contribution in [2.75, 3.05) is 26.2 Å². The summed E-state index contributed by atoms with van der Waals surface area (Å²) in [6.07, 6.45) is 0. The van der Waals surface area contributed by atoms with E-state index < -0.39 is 0 Å². The van der Waals surface area contributed by atoms with E-state index in [-0.39, 0.29) is 17.7 Å². The van der Waals surface area contributed by atoms with Gasteiger partial charge in [0, 0.05) is 37.8 Å². The van der Waals surface area contributed by atoms with Gasteiger partial charge in [-0.05, 0) is 26.3 Å². The molecule has 6 heteroatoms. The minimum Gasteiger partial charge on any atom is -0.339 e. The van der Waals surface area contributed by atoms with Crippen molar-refractivity contribution < 1.29 is 9.59 Å². The van der Waals surface area contributed by atoms with E-state index in [4.69, 9.17) is 0 Å². The molecule has 0 N–H and O–H groups in total. The molecule has 6 nitrogen and oxygen atoms in total. The molecular formula is C22H30N4O2. The fourth-order valence-corrected chi connectivity index (χ4v) is 3.68. The Kier molecular flexibility index (Phi) is 5.87. The lowest BCUT2D eigenvalue weighted by molar-refractivity contribution is -0.135. The van der Waals surface area contributed by atoms with Crippen molar-refractivity contribution in [3.8, 4) is 0 Å². The molecule has 1 aliphatic rings. The maximum atomic E-state index is 13.1. The summed E-state index contributed by atoms with van der Waals surface area (Å²) in [4.78, 5) is 29.0. The first kappa shape index (κ1) is 20.1. The number of amides is 2. The van der Waals surface area contributed by atoms with Crippen LogP contribution in [0.2, 0.25) is 0 Å². The van der Waals surface area contributed by atoms with E-state index in [0.717, 1.165) is 17.0 Å². The van der Waals surface area contributed by atoms with Crippen LogP contribution in [-0.2, 0) is 11.3 Å². The normalized spacial score (nSPS) is 14.6. The van der Waals surface area contributed by atoms with Crippen LogP contribution in [0.1, 0.15) is 46.7 Å². The third-order valence-corrected chi connectivity index (χ3v) is 5.42. The second kappa shape index (κ2) is 8.17. The molecule has 0 radical (unpaired) electrons. The molecule has 28 heavy (non-hydrogen) atoms. The van der Waals surface area contributed by atoms with E-state index in [1.807, 2.05) is 42.2 Å². The number of carbonyl (C=O) groups excluding carboxylic acids is 2. The van der Waals surface area contributed by atoms with Crippen LogP contribution in [0, 0.1) is 26.7 Å². The third kappa shape index (κ3) is 4.11. The summed E-state index contributed by atoms with van der Waals surface area (Å²) >= 11 is 0. The van der Waals surface area contributed by atoms with Gasteiger partial charge in [0.15, 0.2) is 0 Å². The summed E-state index contributed by atoms with van der Waals surface area (Å²) in [6, 6.07) is 8.37. The highest BCUT2D eigenvalue weighted by atomic mass is 16.2. The number of aryl methyl sites for hydroxylation is 2. The van der Waals surface area contributed by atoms with E-state index in [1.165, 1.54) is 5.56 Å². The number of carbonyl (C=O) groups is 2. The van der Waals surface area contributed by atoms with Crippen LogP contribution in [0.15, 0.2) is 24.3 Å². The number of benzene rings is 1. The monoisotopic (exact) mass is 382 g/mol. The van der Waals surface area contributed by atoms with Gasteiger partial charge in [0.25, 0.3) is 5.91 Å². The van der Waals surface area contributed by atoms with E-state index in [9.17, 15) is 9.59 Å². The fourth-order valence-electron chi connectivity index (χ4n) is 3.68. The Morgan fingerprint density at radius 2 is 1.54 bits per heavy atom. The van der Waals surface area contributed by atoms with Crippen LogP contribution in [0.4, 0.5) is 0 Å². The molecule has 1 aromatic heterocycles. The minimum atomic E-state index is -0.00764. The van der Waals surface area contributed by atoms with Crippen molar-refractivity contribution in [2.24, 2.45) is 5.92 Å². The number of hydrogen-bond acceptors (Lipinski definition) is 3. The SMILES string of the molecule is Cc1ccc(Cn2nc(C)c(C(=O)N3CCN(C(=O)C(C)C)CC3)c2C)cc1. The van der Waals surface area contributed by atoms with Crippen molar-refractivity contribution in [1.29, 1.82) is 0 Å². The highest BCUT2D eigenvalue weighted by Crippen LogP contribution is 2.19. The van der Waals surface area contributed by atoms with Crippen molar-refractivity contribution >= 4 is 11.8 Å². The molecule has 0 saturated carbocycles. The van der Waals surface area contributed by atoms with Gasteiger partial charge in [-0.2, -0.15) is 5.10 Å². The first-order valence-electron chi connectivity index (χ1n) is 9.95. The second-order valence-corrected chi connectivity index (χ2v) is 7.96. The molecule has 0 unspecified atom stereocenters. The number of hydrogen-bond donors (Lipinski definition) is 0. The first-order valence-corrected chi connectivity index (χ1v) is 9.95. The Hall–Kier alpha value is -2.63. The van der Waals surface area contributed by atoms with Gasteiger partial charge in [0.2, 0.25) is 5.91 Å². The van der Waals surface area contributed by atoms with Crippen LogP contribution in [-0.4, -0.2) is 57.6 Å². The molecule has 0 aliphatic carbocycles. The van der Waals surface area contributed by atoms with E-state index in [2.05, 4.69) is 36.3 Å². The van der Waals surface area contributed by atoms with Gasteiger partial charge in [-0.1, -0.05) is 43.7 Å². The summed E-state index contributed by atoms with van der Waals surface area (Å²) in [5, 5.41) is 4.61. The fraction of sp³-hybridized carbons (Fsp3) is 0.500. The van der Waals surface area contributed by atoms with Crippen LogP contribution in [0.25, 0.3) is 0 Å². The second-order valence-electron chi connectivity index (χ2n) is 7.96. The van der Waals surface area contributed by atoms with Crippen molar-refractivity contribution in [1.82, 2.24) is 19.6 Å². The van der Waals surface area contributed by atoms with E-state index >= 15 is 0 Å². The quantitative estimate of drug-likeness (QED) is 0.817. The molecule has 1 aliphatic heterocycles. The maximum absolute atomic E-state index is 13.1. The molecule has 1 fully saturated rings. The number of piperazine rings is 1. The van der Waals surface area contributed by atoms with E-state index in [0.29, 0.717) is 38.3 Å². The molecule has 0 bridgehead atoms. The van der Waals surface area contributed by atoms with Gasteiger partial charge in [-0.25, -0.2) is 0 Å². The van der Waals surface area contributed by atoms with Crippen LogP contribution >= 0.6 is 0 Å². The zero-order valence-corrected chi connectivity index (χ0v) is 17.5. The number of rotatable bonds is 4. The van der Waals surface area contributed by atoms with Crippen molar-refractivity contribution in [3.63, 3.8) is 0 Å². The standard InChI is InChI=1S/C22H30N4O2/c1-15(2)21(27)24-10-12-25(13-11-24)22(28)20-17(4)23-26(18(20)5)14-19-8-6-16(3)7-9-19/h6-9,15H,10-14H2,1-5H3. The highest BCUT2D eigenvalue weighted by Gasteiger charge is 2.29. The molecule has 0 atom stereocenters. The summed E-state index contributed by atoms with van der Waals surface area (Å²) in [6.45, 7) is 12.7. The van der Waals surface area contributed by atoms with Gasteiger partial charge < -0.3 is 9.80 Å². The van der Waals surface area contributed by atoms with Crippen molar-refractivity contribution in [2.45, 2.75) is 41.2 Å². The predicted octanol–water partition coefficient (Wildman–Crippen LogP) is 2.80. The van der Waals surface area contributed by atoms with Gasteiger partial charge in [0.1, 0.15) is 0 Å². The van der Waals surface area contributed by atoms with Crippen molar-refractivity contribution in [3.05, 3.63) is 52.3 Å².